The van der Waals surface area contributed by atoms with Gasteiger partial charge in [-0.05, 0) is 25.1 Å². The minimum absolute atomic E-state index is 0.0919. The number of imide groups is 1. The normalized spacial score (nSPS) is 12.5. The number of hydrogen-bond donors (Lipinski definition) is 0. The van der Waals surface area contributed by atoms with Crippen molar-refractivity contribution in [3.05, 3.63) is 105 Å². The first-order chi connectivity index (χ1) is 15.8. The number of anilines is 1. The molecule has 0 N–H and O–H groups in total. The number of nitrogens with zero attached hydrogens (tertiary/aromatic N) is 2. The summed E-state index contributed by atoms with van der Waals surface area (Å²) in [5, 5.41) is 11.3. The molecule has 33 heavy (non-hydrogen) atoms. The van der Waals surface area contributed by atoms with E-state index in [2.05, 4.69) is 0 Å². The molecule has 9 heteroatoms. The Kier molecular flexibility index (Phi) is 5.53. The lowest BCUT2D eigenvalue weighted by Crippen LogP contribution is -2.31. The van der Waals surface area contributed by atoms with E-state index >= 15 is 0 Å². The highest BCUT2D eigenvalue weighted by atomic mass is 16.6. The van der Waals surface area contributed by atoms with Gasteiger partial charge in [0.25, 0.3) is 17.5 Å². The van der Waals surface area contributed by atoms with Crippen molar-refractivity contribution < 1.29 is 28.8 Å². The zero-order valence-corrected chi connectivity index (χ0v) is 17.3. The first-order valence-corrected chi connectivity index (χ1v) is 9.82. The largest absolute Gasteiger partial charge is 0.454 e. The highest BCUT2D eigenvalue weighted by Crippen LogP contribution is 2.35. The van der Waals surface area contributed by atoms with Crippen molar-refractivity contribution in [1.29, 1.82) is 0 Å². The van der Waals surface area contributed by atoms with Crippen LogP contribution in [0.5, 0.6) is 0 Å². The number of Topliss-reactive ketones (excluding diaryl/α,β-unsaturated/α-hetero) is 1. The number of ketones is 1. The Morgan fingerprint density at radius 2 is 1.64 bits per heavy atom. The van der Waals surface area contributed by atoms with E-state index < -0.39 is 40.8 Å². The highest BCUT2D eigenvalue weighted by molar-refractivity contribution is 6.36. The van der Waals surface area contributed by atoms with Crippen LogP contribution in [0.25, 0.3) is 0 Å². The van der Waals surface area contributed by atoms with Crippen LogP contribution in [-0.4, -0.2) is 35.1 Å². The number of carbonyl (C=O) groups excluding carboxylic acids is 4. The molecule has 4 rings (SSSR count). The van der Waals surface area contributed by atoms with Gasteiger partial charge in [-0.2, -0.15) is 0 Å². The summed E-state index contributed by atoms with van der Waals surface area (Å²) in [5.74, 6) is -3.05. The number of benzene rings is 3. The molecule has 3 aromatic rings. The molecule has 9 nitrogen and oxygen atoms in total. The minimum Gasteiger partial charge on any atom is -0.454 e. The Morgan fingerprint density at radius 1 is 0.939 bits per heavy atom. The number of rotatable bonds is 6. The lowest BCUT2D eigenvalue weighted by molar-refractivity contribution is -0.385. The van der Waals surface area contributed by atoms with Crippen molar-refractivity contribution in [2.45, 2.75) is 6.92 Å². The van der Waals surface area contributed by atoms with E-state index in [4.69, 9.17) is 4.74 Å². The van der Waals surface area contributed by atoms with Crippen molar-refractivity contribution in [3.8, 4) is 0 Å². The Balaban J connectivity index is 1.61. The van der Waals surface area contributed by atoms with Crippen LogP contribution in [0.2, 0.25) is 0 Å². The molecule has 0 spiro atoms. The SMILES string of the molecule is Cc1ccc(C(=O)COC(=O)c2ccccc2N2C(=O)c3cccc([N+](=O)[O-])c3C2=O)cc1. The molecule has 1 aliphatic heterocycles. The number of esters is 1. The maximum absolute atomic E-state index is 13.0. The predicted octanol–water partition coefficient (Wildman–Crippen LogP) is 3.74. The average Bonchev–Trinajstić information content (AvgIpc) is 3.07. The Morgan fingerprint density at radius 3 is 2.33 bits per heavy atom. The molecule has 0 saturated carbocycles. The number of carbonyl (C=O) groups is 4. The van der Waals surface area contributed by atoms with Crippen molar-refractivity contribution in [2.24, 2.45) is 0 Å². The van der Waals surface area contributed by atoms with Gasteiger partial charge in [-0.15, -0.1) is 0 Å². The molecular formula is C24H16N2O7. The predicted molar refractivity (Wildman–Crippen MR) is 116 cm³/mol. The van der Waals surface area contributed by atoms with Crippen LogP contribution in [0.4, 0.5) is 11.4 Å². The highest BCUT2D eigenvalue weighted by Gasteiger charge is 2.43. The average molecular weight is 444 g/mol. The lowest BCUT2D eigenvalue weighted by atomic mass is 10.1. The number of ether oxygens (including phenoxy) is 1. The fourth-order valence-corrected chi connectivity index (χ4v) is 3.51. The van der Waals surface area contributed by atoms with Gasteiger partial charge in [-0.1, -0.05) is 48.0 Å². The first kappa shape index (κ1) is 21.6. The molecule has 0 aromatic heterocycles. The fraction of sp³-hybridized carbons (Fsp3) is 0.0833. The first-order valence-electron chi connectivity index (χ1n) is 9.82. The van der Waals surface area contributed by atoms with Crippen LogP contribution in [-0.2, 0) is 4.74 Å². The van der Waals surface area contributed by atoms with E-state index in [1.807, 2.05) is 6.92 Å². The summed E-state index contributed by atoms with van der Waals surface area (Å²) in [6, 6.07) is 16.2. The maximum Gasteiger partial charge on any atom is 0.340 e. The molecule has 1 heterocycles. The molecule has 1 aliphatic rings. The molecule has 3 aromatic carbocycles. The van der Waals surface area contributed by atoms with Gasteiger partial charge in [0.1, 0.15) is 5.56 Å². The van der Waals surface area contributed by atoms with Gasteiger partial charge >= 0.3 is 5.97 Å². The second kappa shape index (κ2) is 8.46. The van der Waals surface area contributed by atoms with E-state index in [0.29, 0.717) is 10.5 Å². The molecule has 0 aliphatic carbocycles. The van der Waals surface area contributed by atoms with Gasteiger partial charge in [0.2, 0.25) is 0 Å². The van der Waals surface area contributed by atoms with Crippen molar-refractivity contribution in [1.82, 2.24) is 0 Å². The summed E-state index contributed by atoms with van der Waals surface area (Å²) in [6.07, 6.45) is 0. The minimum atomic E-state index is -0.919. The van der Waals surface area contributed by atoms with Gasteiger partial charge in [0, 0.05) is 11.6 Å². The summed E-state index contributed by atoms with van der Waals surface area (Å²) in [5.41, 5.74) is 0.138. The van der Waals surface area contributed by atoms with E-state index in [-0.39, 0.29) is 22.4 Å². The van der Waals surface area contributed by atoms with Crippen molar-refractivity contribution in [2.75, 3.05) is 11.5 Å². The van der Waals surface area contributed by atoms with Crippen molar-refractivity contribution in [3.63, 3.8) is 0 Å². The van der Waals surface area contributed by atoms with Gasteiger partial charge in [0.05, 0.1) is 21.7 Å². The second-order valence-corrected chi connectivity index (χ2v) is 7.29. The summed E-state index contributed by atoms with van der Waals surface area (Å²) in [7, 11) is 0. The van der Waals surface area contributed by atoms with Crippen LogP contribution in [0.15, 0.2) is 66.7 Å². The van der Waals surface area contributed by atoms with Gasteiger partial charge < -0.3 is 4.74 Å². The molecule has 0 atom stereocenters. The third kappa shape index (κ3) is 3.87. The molecular weight excluding hydrogens is 428 g/mol. The molecule has 0 radical (unpaired) electrons. The topological polar surface area (TPSA) is 124 Å². The number of para-hydroxylation sites is 1. The zero-order chi connectivity index (χ0) is 23.7. The molecule has 0 saturated heterocycles. The molecule has 164 valence electrons. The molecule has 0 bridgehead atoms. The summed E-state index contributed by atoms with van der Waals surface area (Å²) in [6.45, 7) is 1.34. The van der Waals surface area contributed by atoms with E-state index in [9.17, 15) is 29.3 Å². The van der Waals surface area contributed by atoms with Crippen LogP contribution in [0.1, 0.15) is 47.0 Å². The Labute approximate surface area is 187 Å². The van der Waals surface area contributed by atoms with Gasteiger partial charge in [-0.3, -0.25) is 24.5 Å². The monoisotopic (exact) mass is 444 g/mol. The number of aryl methyl sites for hydroxylation is 1. The van der Waals surface area contributed by atoms with Crippen LogP contribution >= 0.6 is 0 Å². The molecule has 0 fully saturated rings. The Bertz CT molecular complexity index is 1330. The quantitative estimate of drug-likeness (QED) is 0.186. The Hall–Kier alpha value is -4.66. The summed E-state index contributed by atoms with van der Waals surface area (Å²) < 4.78 is 5.14. The third-order valence-electron chi connectivity index (χ3n) is 5.16. The molecule has 2 amide bonds. The number of amides is 2. The molecule has 0 unspecified atom stereocenters. The second-order valence-electron chi connectivity index (χ2n) is 7.29. The smallest absolute Gasteiger partial charge is 0.340 e. The maximum atomic E-state index is 13.0. The van der Waals surface area contributed by atoms with Crippen LogP contribution < -0.4 is 4.90 Å². The van der Waals surface area contributed by atoms with E-state index in [1.54, 1.807) is 24.3 Å². The van der Waals surface area contributed by atoms with Gasteiger partial charge in [-0.25, -0.2) is 9.69 Å². The van der Waals surface area contributed by atoms with Gasteiger partial charge in [0.15, 0.2) is 12.4 Å². The standard InChI is InChI=1S/C24H16N2O7/c1-14-9-11-15(12-10-14)20(27)13-33-24(30)16-5-2-3-7-18(16)25-22(28)17-6-4-8-19(26(31)32)21(17)23(25)29/h2-12H,13H2,1H3. The zero-order valence-electron chi connectivity index (χ0n) is 17.3. The summed E-state index contributed by atoms with van der Waals surface area (Å²) in [4.78, 5) is 62.3. The number of nitro benzene ring substituents is 1. The van der Waals surface area contributed by atoms with Crippen molar-refractivity contribution >= 4 is 34.9 Å². The number of fused-ring (bicyclic) bond motifs is 1. The fourth-order valence-electron chi connectivity index (χ4n) is 3.51. The van der Waals surface area contributed by atoms with E-state index in [0.717, 1.165) is 11.6 Å². The third-order valence-corrected chi connectivity index (χ3v) is 5.16. The number of hydrogen-bond acceptors (Lipinski definition) is 7. The van der Waals surface area contributed by atoms with Crippen LogP contribution in [0, 0.1) is 17.0 Å². The number of nitro groups is 1. The van der Waals surface area contributed by atoms with E-state index in [1.165, 1.54) is 36.4 Å². The lowest BCUT2D eigenvalue weighted by Gasteiger charge is -2.17. The van der Waals surface area contributed by atoms with Crippen LogP contribution in [0.3, 0.4) is 0 Å². The summed E-state index contributed by atoms with van der Waals surface area (Å²) >= 11 is 0.